The first-order valence-corrected chi connectivity index (χ1v) is 11.8. The van der Waals surface area contributed by atoms with Gasteiger partial charge in [0.25, 0.3) is 0 Å². The standard InChI is InChI=1S/C24H26N4O2S/c29-23-13-17(16-27(23)19-7-2-1-3-8-19)24(30)25-15-18-14-21(22-11-6-12-31-22)28(26-18)20-9-4-5-10-20/h1-3,6-8,11-12,14,17,20H,4-5,9-10,13,15-16H2,(H,25,30)/t17-/m0/s1. The summed E-state index contributed by atoms with van der Waals surface area (Å²) in [5, 5.41) is 9.96. The van der Waals surface area contributed by atoms with Crippen LogP contribution in [0.1, 0.15) is 43.8 Å². The molecule has 1 aromatic carbocycles. The lowest BCUT2D eigenvalue weighted by atomic mass is 10.1. The topological polar surface area (TPSA) is 67.2 Å². The van der Waals surface area contributed by atoms with E-state index in [1.54, 1.807) is 16.2 Å². The third kappa shape index (κ3) is 4.14. The number of amides is 2. The number of rotatable bonds is 6. The lowest BCUT2D eigenvalue weighted by Crippen LogP contribution is -2.32. The molecule has 1 aliphatic carbocycles. The number of carbonyl (C=O) groups excluding carboxylic acids is 2. The molecule has 2 fully saturated rings. The third-order valence-corrected chi connectivity index (χ3v) is 7.13. The molecule has 0 spiro atoms. The predicted molar refractivity (Wildman–Crippen MR) is 122 cm³/mol. The molecule has 0 unspecified atom stereocenters. The van der Waals surface area contributed by atoms with Crippen LogP contribution in [0, 0.1) is 5.92 Å². The Morgan fingerprint density at radius 3 is 2.68 bits per heavy atom. The van der Waals surface area contributed by atoms with Crippen LogP contribution < -0.4 is 10.2 Å². The van der Waals surface area contributed by atoms with E-state index in [2.05, 4.69) is 33.6 Å². The SMILES string of the molecule is O=C(NCc1cc(-c2cccs2)n(C2CCCC2)n1)[C@H]1CC(=O)N(c2ccccc2)C1. The van der Waals surface area contributed by atoms with E-state index in [-0.39, 0.29) is 24.2 Å². The maximum absolute atomic E-state index is 12.8. The number of aromatic nitrogens is 2. The second-order valence-electron chi connectivity index (χ2n) is 8.34. The number of anilines is 1. The van der Waals surface area contributed by atoms with E-state index in [9.17, 15) is 9.59 Å². The molecule has 2 amide bonds. The molecule has 1 atom stereocenters. The van der Waals surface area contributed by atoms with Gasteiger partial charge in [0.1, 0.15) is 0 Å². The second-order valence-corrected chi connectivity index (χ2v) is 9.29. The van der Waals surface area contributed by atoms with E-state index in [1.807, 2.05) is 30.3 Å². The van der Waals surface area contributed by atoms with Gasteiger partial charge >= 0.3 is 0 Å². The maximum atomic E-state index is 12.8. The van der Waals surface area contributed by atoms with Crippen LogP contribution in [0.15, 0.2) is 53.9 Å². The Balaban J connectivity index is 1.26. The van der Waals surface area contributed by atoms with Crippen molar-refractivity contribution in [3.63, 3.8) is 0 Å². The van der Waals surface area contributed by atoms with Gasteiger partial charge in [-0.1, -0.05) is 37.1 Å². The van der Waals surface area contributed by atoms with Crippen molar-refractivity contribution < 1.29 is 9.59 Å². The first-order chi connectivity index (χ1) is 15.2. The Bertz CT molecular complexity index is 1050. The first kappa shape index (κ1) is 20.0. The van der Waals surface area contributed by atoms with Crippen LogP contribution in [0.5, 0.6) is 0 Å². The zero-order valence-electron chi connectivity index (χ0n) is 17.4. The number of benzene rings is 1. The number of thiophene rings is 1. The van der Waals surface area contributed by atoms with Gasteiger partial charge in [0.05, 0.1) is 34.8 Å². The van der Waals surface area contributed by atoms with Crippen molar-refractivity contribution in [3.8, 4) is 10.6 Å². The molecule has 3 heterocycles. The predicted octanol–water partition coefficient (Wildman–Crippen LogP) is 4.40. The fourth-order valence-corrected chi connectivity index (χ4v) is 5.36. The lowest BCUT2D eigenvalue weighted by Gasteiger charge is -2.16. The van der Waals surface area contributed by atoms with Crippen molar-refractivity contribution in [2.24, 2.45) is 5.92 Å². The molecule has 1 aliphatic heterocycles. The van der Waals surface area contributed by atoms with Crippen molar-refractivity contribution in [3.05, 3.63) is 59.6 Å². The van der Waals surface area contributed by atoms with E-state index < -0.39 is 0 Å². The second kappa shape index (κ2) is 8.67. The number of para-hydroxylation sites is 1. The summed E-state index contributed by atoms with van der Waals surface area (Å²) in [7, 11) is 0. The van der Waals surface area contributed by atoms with Crippen LogP contribution >= 0.6 is 11.3 Å². The molecular formula is C24H26N4O2S. The summed E-state index contributed by atoms with van der Waals surface area (Å²) in [6, 6.07) is 16.3. The van der Waals surface area contributed by atoms with Crippen molar-refractivity contribution in [1.82, 2.24) is 15.1 Å². The molecule has 5 rings (SSSR count). The van der Waals surface area contributed by atoms with E-state index in [0.29, 0.717) is 19.1 Å². The normalized spacial score (nSPS) is 19.3. The van der Waals surface area contributed by atoms with Gasteiger partial charge in [-0.25, -0.2) is 0 Å². The zero-order chi connectivity index (χ0) is 21.2. The summed E-state index contributed by atoms with van der Waals surface area (Å²) < 4.78 is 2.16. The monoisotopic (exact) mass is 434 g/mol. The highest BCUT2D eigenvalue weighted by molar-refractivity contribution is 7.13. The zero-order valence-corrected chi connectivity index (χ0v) is 18.2. The van der Waals surface area contributed by atoms with E-state index in [1.165, 1.54) is 17.7 Å². The van der Waals surface area contributed by atoms with Gasteiger partial charge in [-0.3, -0.25) is 14.3 Å². The Morgan fingerprint density at radius 1 is 1.13 bits per heavy atom. The molecule has 6 nitrogen and oxygen atoms in total. The largest absolute Gasteiger partial charge is 0.350 e. The molecule has 160 valence electrons. The lowest BCUT2D eigenvalue weighted by molar-refractivity contribution is -0.126. The summed E-state index contributed by atoms with van der Waals surface area (Å²) >= 11 is 1.71. The quantitative estimate of drug-likeness (QED) is 0.625. The van der Waals surface area contributed by atoms with Gasteiger partial charge in [0.15, 0.2) is 0 Å². The minimum absolute atomic E-state index is 0.00292. The van der Waals surface area contributed by atoms with Crippen LogP contribution in [0.3, 0.4) is 0 Å². The molecule has 1 saturated carbocycles. The van der Waals surface area contributed by atoms with Crippen LogP contribution in [-0.2, 0) is 16.1 Å². The van der Waals surface area contributed by atoms with E-state index in [4.69, 9.17) is 5.10 Å². The molecule has 3 aromatic rings. The average molecular weight is 435 g/mol. The van der Waals surface area contributed by atoms with Crippen molar-refractivity contribution >= 4 is 28.8 Å². The number of nitrogens with one attached hydrogen (secondary N) is 1. The molecule has 1 saturated heterocycles. The first-order valence-electron chi connectivity index (χ1n) is 10.9. The molecule has 1 N–H and O–H groups in total. The maximum Gasteiger partial charge on any atom is 0.227 e. The molecule has 2 aromatic heterocycles. The Hall–Kier alpha value is -2.93. The highest BCUT2D eigenvalue weighted by Gasteiger charge is 2.35. The van der Waals surface area contributed by atoms with Crippen molar-refractivity contribution in [2.75, 3.05) is 11.4 Å². The summed E-state index contributed by atoms with van der Waals surface area (Å²) in [6.45, 7) is 0.804. The smallest absolute Gasteiger partial charge is 0.227 e. The highest BCUT2D eigenvalue weighted by Crippen LogP contribution is 2.35. The van der Waals surface area contributed by atoms with Gasteiger partial charge < -0.3 is 10.2 Å². The number of hydrogen-bond acceptors (Lipinski definition) is 4. The third-order valence-electron chi connectivity index (χ3n) is 6.24. The average Bonchev–Trinajstić information content (AvgIpc) is 3.59. The molecule has 0 bridgehead atoms. The summed E-state index contributed by atoms with van der Waals surface area (Å²) in [5.41, 5.74) is 2.85. The van der Waals surface area contributed by atoms with E-state index >= 15 is 0 Å². The minimum atomic E-state index is -0.332. The summed E-state index contributed by atoms with van der Waals surface area (Å²) in [6.07, 6.45) is 5.05. The van der Waals surface area contributed by atoms with Crippen molar-refractivity contribution in [2.45, 2.75) is 44.7 Å². The molecular weight excluding hydrogens is 408 g/mol. The molecule has 7 heteroatoms. The van der Waals surface area contributed by atoms with Gasteiger partial charge in [0.2, 0.25) is 11.8 Å². The highest BCUT2D eigenvalue weighted by atomic mass is 32.1. The fourth-order valence-electron chi connectivity index (χ4n) is 4.63. The minimum Gasteiger partial charge on any atom is -0.350 e. The van der Waals surface area contributed by atoms with Crippen LogP contribution in [0.4, 0.5) is 5.69 Å². The van der Waals surface area contributed by atoms with Gasteiger partial charge in [-0.2, -0.15) is 5.10 Å². The Morgan fingerprint density at radius 2 is 1.94 bits per heavy atom. The van der Waals surface area contributed by atoms with E-state index in [0.717, 1.165) is 29.9 Å². The summed E-state index contributed by atoms with van der Waals surface area (Å²) in [5.74, 6) is -0.418. The van der Waals surface area contributed by atoms with Crippen LogP contribution in [0.25, 0.3) is 10.6 Å². The van der Waals surface area contributed by atoms with Gasteiger partial charge in [0, 0.05) is 18.7 Å². The van der Waals surface area contributed by atoms with Gasteiger partial charge in [-0.15, -0.1) is 11.3 Å². The molecule has 0 radical (unpaired) electrons. The number of hydrogen-bond donors (Lipinski definition) is 1. The van der Waals surface area contributed by atoms with Crippen LogP contribution in [0.2, 0.25) is 0 Å². The van der Waals surface area contributed by atoms with Crippen molar-refractivity contribution in [1.29, 1.82) is 0 Å². The Kier molecular flexibility index (Phi) is 5.59. The van der Waals surface area contributed by atoms with Crippen LogP contribution in [-0.4, -0.2) is 28.1 Å². The molecule has 2 aliphatic rings. The van der Waals surface area contributed by atoms with Gasteiger partial charge in [-0.05, 0) is 42.5 Å². The fraction of sp³-hybridized carbons (Fsp3) is 0.375. The molecule has 31 heavy (non-hydrogen) atoms. The Labute approximate surface area is 185 Å². The number of carbonyl (C=O) groups is 2. The summed E-state index contributed by atoms with van der Waals surface area (Å²) in [4.78, 5) is 28.1. The number of nitrogens with zero attached hydrogens (tertiary/aromatic N) is 3.